The number of nitrogens with zero attached hydrogens (tertiary/aromatic N) is 2. The molecule has 2 aromatic heterocycles. The van der Waals surface area contributed by atoms with Gasteiger partial charge in [0.25, 0.3) is 5.91 Å². The van der Waals surface area contributed by atoms with E-state index in [9.17, 15) is 4.79 Å². The molecule has 1 amide bonds. The maximum Gasteiger partial charge on any atom is 0.261 e. The van der Waals surface area contributed by atoms with Crippen molar-refractivity contribution in [3.8, 4) is 0 Å². The summed E-state index contributed by atoms with van der Waals surface area (Å²) in [6.45, 7) is 1.96. The standard InChI is InChI=1S/C9H9N3O2S2/c1-5-11-8(14-12-5)3-10-9(13)7-2-6(15)4-16-7/h2,4,15H,3H2,1H3,(H,10,13). The molecule has 7 heteroatoms. The summed E-state index contributed by atoms with van der Waals surface area (Å²) in [6.07, 6.45) is 0. The predicted octanol–water partition coefficient (Wildman–Crippen LogP) is 1.66. The van der Waals surface area contributed by atoms with E-state index in [1.807, 2.05) is 0 Å². The molecule has 2 heterocycles. The van der Waals surface area contributed by atoms with Crippen LogP contribution in [0, 0.1) is 6.92 Å². The summed E-state index contributed by atoms with van der Waals surface area (Å²) in [5, 5.41) is 8.11. The fourth-order valence-electron chi connectivity index (χ4n) is 1.10. The molecular formula is C9H9N3O2S2. The van der Waals surface area contributed by atoms with Gasteiger partial charge in [-0.3, -0.25) is 4.79 Å². The number of aryl methyl sites for hydroxylation is 1. The molecular weight excluding hydrogens is 246 g/mol. The van der Waals surface area contributed by atoms with Gasteiger partial charge in [0.15, 0.2) is 5.82 Å². The summed E-state index contributed by atoms with van der Waals surface area (Å²) in [6, 6.07) is 1.71. The summed E-state index contributed by atoms with van der Waals surface area (Å²) in [4.78, 5) is 17.0. The van der Waals surface area contributed by atoms with Gasteiger partial charge < -0.3 is 9.84 Å². The van der Waals surface area contributed by atoms with Crippen molar-refractivity contribution in [3.63, 3.8) is 0 Å². The van der Waals surface area contributed by atoms with Crippen molar-refractivity contribution in [1.82, 2.24) is 15.5 Å². The number of thiol groups is 1. The molecule has 0 saturated heterocycles. The molecule has 1 N–H and O–H groups in total. The van der Waals surface area contributed by atoms with E-state index in [2.05, 4.69) is 28.1 Å². The molecule has 2 aromatic rings. The molecule has 0 spiro atoms. The number of carbonyl (C=O) groups is 1. The summed E-state index contributed by atoms with van der Waals surface area (Å²) >= 11 is 5.47. The Labute approximate surface area is 101 Å². The van der Waals surface area contributed by atoms with Gasteiger partial charge in [0.2, 0.25) is 5.89 Å². The van der Waals surface area contributed by atoms with Gasteiger partial charge in [-0.2, -0.15) is 4.98 Å². The van der Waals surface area contributed by atoms with E-state index >= 15 is 0 Å². The highest BCUT2D eigenvalue weighted by atomic mass is 32.1. The van der Waals surface area contributed by atoms with Crippen molar-refractivity contribution in [2.45, 2.75) is 18.4 Å². The number of aromatic nitrogens is 2. The highest BCUT2D eigenvalue weighted by Crippen LogP contribution is 2.17. The Morgan fingerprint density at radius 1 is 1.69 bits per heavy atom. The van der Waals surface area contributed by atoms with Crippen LogP contribution in [0.25, 0.3) is 0 Å². The van der Waals surface area contributed by atoms with Crippen LogP contribution in [0.5, 0.6) is 0 Å². The van der Waals surface area contributed by atoms with Gasteiger partial charge in [0.05, 0.1) is 11.4 Å². The monoisotopic (exact) mass is 255 g/mol. The molecule has 0 aliphatic carbocycles. The lowest BCUT2D eigenvalue weighted by atomic mass is 10.4. The second-order valence-corrected chi connectivity index (χ2v) is 4.51. The molecule has 5 nitrogen and oxygen atoms in total. The Bertz CT molecular complexity index is 506. The van der Waals surface area contributed by atoms with Crippen LogP contribution in [0.4, 0.5) is 0 Å². The molecule has 0 aliphatic heterocycles. The summed E-state index contributed by atoms with van der Waals surface area (Å²) in [5.74, 6) is 0.785. The van der Waals surface area contributed by atoms with Gasteiger partial charge in [0.1, 0.15) is 0 Å². The minimum atomic E-state index is -0.166. The Morgan fingerprint density at radius 3 is 3.06 bits per heavy atom. The van der Waals surface area contributed by atoms with E-state index in [0.717, 1.165) is 4.90 Å². The van der Waals surface area contributed by atoms with E-state index in [0.29, 0.717) is 16.6 Å². The van der Waals surface area contributed by atoms with Gasteiger partial charge in [-0.05, 0) is 13.0 Å². The first-order valence-corrected chi connectivity index (χ1v) is 5.83. The van der Waals surface area contributed by atoms with Crippen LogP contribution in [0.2, 0.25) is 0 Å². The van der Waals surface area contributed by atoms with Crippen LogP contribution in [0.3, 0.4) is 0 Å². The zero-order valence-corrected chi connectivity index (χ0v) is 10.1. The molecule has 0 saturated carbocycles. The number of nitrogens with one attached hydrogen (secondary N) is 1. The van der Waals surface area contributed by atoms with Gasteiger partial charge in [-0.15, -0.1) is 24.0 Å². The van der Waals surface area contributed by atoms with Crippen LogP contribution in [-0.4, -0.2) is 16.0 Å². The summed E-state index contributed by atoms with van der Waals surface area (Å²) in [5.41, 5.74) is 0. The third kappa shape index (κ3) is 2.61. The maximum absolute atomic E-state index is 11.6. The molecule has 16 heavy (non-hydrogen) atoms. The quantitative estimate of drug-likeness (QED) is 0.818. The number of hydrogen-bond acceptors (Lipinski definition) is 6. The maximum atomic E-state index is 11.6. The smallest absolute Gasteiger partial charge is 0.261 e. The number of thiophene rings is 1. The largest absolute Gasteiger partial charge is 0.342 e. The van der Waals surface area contributed by atoms with Gasteiger partial charge in [-0.25, -0.2) is 0 Å². The van der Waals surface area contributed by atoms with Crippen LogP contribution in [0.15, 0.2) is 20.9 Å². The number of hydrogen-bond donors (Lipinski definition) is 2. The van der Waals surface area contributed by atoms with Crippen molar-refractivity contribution in [3.05, 3.63) is 28.0 Å². The molecule has 0 atom stereocenters. The van der Waals surface area contributed by atoms with E-state index in [1.54, 1.807) is 18.4 Å². The Balaban J connectivity index is 1.93. The number of amides is 1. The van der Waals surface area contributed by atoms with E-state index < -0.39 is 0 Å². The first-order chi connectivity index (χ1) is 7.65. The zero-order valence-electron chi connectivity index (χ0n) is 8.43. The highest BCUT2D eigenvalue weighted by Gasteiger charge is 2.09. The Hall–Kier alpha value is -1.34. The van der Waals surface area contributed by atoms with E-state index in [1.165, 1.54) is 11.3 Å². The molecule has 84 valence electrons. The third-order valence-corrected chi connectivity index (χ3v) is 3.14. The van der Waals surface area contributed by atoms with Gasteiger partial charge >= 0.3 is 0 Å². The first-order valence-electron chi connectivity index (χ1n) is 4.50. The molecule has 0 aliphatic rings. The molecule has 0 aromatic carbocycles. The van der Waals surface area contributed by atoms with Crippen LogP contribution < -0.4 is 5.32 Å². The zero-order chi connectivity index (χ0) is 11.5. The van der Waals surface area contributed by atoms with E-state index in [4.69, 9.17) is 4.52 Å². The molecule has 2 rings (SSSR count). The second-order valence-electron chi connectivity index (χ2n) is 3.09. The fourth-order valence-corrected chi connectivity index (χ4v) is 2.16. The first kappa shape index (κ1) is 11.2. The third-order valence-electron chi connectivity index (χ3n) is 1.78. The topological polar surface area (TPSA) is 68.0 Å². The van der Waals surface area contributed by atoms with Crippen LogP contribution >= 0.6 is 24.0 Å². The molecule has 0 radical (unpaired) electrons. The number of carbonyl (C=O) groups excluding carboxylic acids is 1. The lowest BCUT2D eigenvalue weighted by Crippen LogP contribution is -2.21. The van der Waals surface area contributed by atoms with Gasteiger partial charge in [0, 0.05) is 10.3 Å². The van der Waals surface area contributed by atoms with Crippen molar-refractivity contribution >= 4 is 29.9 Å². The Kier molecular flexibility index (Phi) is 3.25. The molecule has 0 bridgehead atoms. The predicted molar refractivity (Wildman–Crippen MR) is 61.8 cm³/mol. The average molecular weight is 255 g/mol. The lowest BCUT2D eigenvalue weighted by molar-refractivity contribution is 0.0950. The fraction of sp³-hybridized carbons (Fsp3) is 0.222. The van der Waals surface area contributed by atoms with Crippen molar-refractivity contribution in [2.24, 2.45) is 0 Å². The van der Waals surface area contributed by atoms with Crippen molar-refractivity contribution < 1.29 is 9.32 Å². The Morgan fingerprint density at radius 2 is 2.50 bits per heavy atom. The molecule has 0 fully saturated rings. The molecule has 0 unspecified atom stereocenters. The normalized spacial score (nSPS) is 10.4. The minimum absolute atomic E-state index is 0.166. The van der Waals surface area contributed by atoms with Crippen LogP contribution in [-0.2, 0) is 6.54 Å². The van der Waals surface area contributed by atoms with Crippen LogP contribution in [0.1, 0.15) is 21.4 Å². The second kappa shape index (κ2) is 4.67. The van der Waals surface area contributed by atoms with Crippen molar-refractivity contribution in [2.75, 3.05) is 0 Å². The van der Waals surface area contributed by atoms with Crippen molar-refractivity contribution in [1.29, 1.82) is 0 Å². The average Bonchev–Trinajstić information content (AvgIpc) is 2.84. The summed E-state index contributed by atoms with van der Waals surface area (Å²) < 4.78 is 4.87. The minimum Gasteiger partial charge on any atom is -0.342 e. The number of rotatable bonds is 3. The highest BCUT2D eigenvalue weighted by molar-refractivity contribution is 7.80. The van der Waals surface area contributed by atoms with Gasteiger partial charge in [-0.1, -0.05) is 5.16 Å². The SMILES string of the molecule is Cc1noc(CNC(=O)c2cc(S)cs2)n1. The lowest BCUT2D eigenvalue weighted by Gasteiger charge is -1.98. The summed E-state index contributed by atoms with van der Waals surface area (Å²) in [7, 11) is 0. The van der Waals surface area contributed by atoms with E-state index in [-0.39, 0.29) is 12.5 Å².